The molecule has 0 saturated heterocycles. The van der Waals surface area contributed by atoms with Crippen LogP contribution in [0.3, 0.4) is 0 Å². The normalized spacial score (nSPS) is 11.3. The van der Waals surface area contributed by atoms with Crippen molar-refractivity contribution in [2.24, 2.45) is 0 Å². The van der Waals surface area contributed by atoms with Gasteiger partial charge in [-0.1, -0.05) is 231 Å². The van der Waals surface area contributed by atoms with Crippen LogP contribution in [0.4, 0.5) is 17.1 Å². The van der Waals surface area contributed by atoms with Gasteiger partial charge in [-0.2, -0.15) is 0 Å². The lowest BCUT2D eigenvalue weighted by Gasteiger charge is -2.26. The largest absolute Gasteiger partial charge is 0.311 e. The lowest BCUT2D eigenvalue weighted by molar-refractivity contribution is 1.18. The smallest absolute Gasteiger partial charge is 0.0541 e. The molecule has 2 heteroatoms. The van der Waals surface area contributed by atoms with Gasteiger partial charge in [0.25, 0.3) is 0 Å². The molecule has 0 atom stereocenters. The fraction of sp³-hybridized carbons (Fsp3) is 0. The lowest BCUT2D eigenvalue weighted by Crippen LogP contribution is -2.09. The third kappa shape index (κ3) is 7.73. The van der Waals surface area contributed by atoms with Crippen molar-refractivity contribution in [3.05, 3.63) is 291 Å². The Labute approximate surface area is 420 Å². The summed E-state index contributed by atoms with van der Waals surface area (Å²) in [6, 6.07) is 106. The second kappa shape index (κ2) is 18.4. The summed E-state index contributed by atoms with van der Waals surface area (Å²) >= 11 is 0. The Bertz CT molecular complexity index is 4000. The standard InChI is InChI=1S/C70H48N2/c1-2-17-51(18-3-1)61-22-6-8-24-63(61)65-26-10-11-27-66(65)64-25-9-7-23-62(64)54-39-47-57(48-40-54)71(56-45-37-53(38-46-56)60-30-16-20-52-19-4-5-21-59(52)60)55-41-33-49(34-42-55)50-35-43-58(44-36-50)72-69-31-14-12-28-67(69)68-29-13-15-32-70(68)72/h1-48H. The summed E-state index contributed by atoms with van der Waals surface area (Å²) in [6.07, 6.45) is 0. The second-order valence-corrected chi connectivity index (χ2v) is 18.4. The average Bonchev–Trinajstić information content (AvgIpc) is 3.80. The van der Waals surface area contributed by atoms with Crippen LogP contribution < -0.4 is 4.90 Å². The molecule has 338 valence electrons. The highest BCUT2D eigenvalue weighted by molar-refractivity contribution is 6.09. The number of anilines is 3. The Hall–Kier alpha value is -9.50. The molecule has 0 aliphatic rings. The summed E-state index contributed by atoms with van der Waals surface area (Å²) in [4.78, 5) is 2.37. The summed E-state index contributed by atoms with van der Waals surface area (Å²) in [5, 5.41) is 5.02. The predicted molar refractivity (Wildman–Crippen MR) is 306 cm³/mol. The van der Waals surface area contributed by atoms with Crippen LogP contribution in [-0.4, -0.2) is 4.57 Å². The van der Waals surface area contributed by atoms with Gasteiger partial charge >= 0.3 is 0 Å². The highest BCUT2D eigenvalue weighted by Gasteiger charge is 2.18. The Morgan fingerprint density at radius 1 is 0.208 bits per heavy atom. The van der Waals surface area contributed by atoms with Gasteiger partial charge in [-0.05, 0) is 138 Å². The number of nitrogens with zero attached hydrogens (tertiary/aromatic N) is 2. The van der Waals surface area contributed by atoms with E-state index < -0.39 is 0 Å². The summed E-state index contributed by atoms with van der Waals surface area (Å²) < 4.78 is 2.37. The molecule has 0 radical (unpaired) electrons. The Morgan fingerprint density at radius 2 is 0.542 bits per heavy atom. The molecule has 0 N–H and O–H groups in total. The zero-order valence-corrected chi connectivity index (χ0v) is 39.6. The predicted octanol–water partition coefficient (Wildman–Crippen LogP) is 19.4. The van der Waals surface area contributed by atoms with Crippen molar-refractivity contribution in [1.82, 2.24) is 4.57 Å². The molecule has 0 saturated carbocycles. The molecule has 72 heavy (non-hydrogen) atoms. The number of rotatable bonds is 10. The molecule has 0 fully saturated rings. The molecule has 0 spiro atoms. The summed E-state index contributed by atoms with van der Waals surface area (Å²) in [5.41, 5.74) is 21.2. The number of fused-ring (bicyclic) bond motifs is 4. The van der Waals surface area contributed by atoms with E-state index in [9.17, 15) is 0 Å². The van der Waals surface area contributed by atoms with Gasteiger partial charge < -0.3 is 9.47 Å². The zero-order chi connectivity index (χ0) is 47.8. The van der Waals surface area contributed by atoms with E-state index in [0.717, 1.165) is 33.9 Å². The second-order valence-electron chi connectivity index (χ2n) is 18.4. The van der Waals surface area contributed by atoms with E-state index in [0.29, 0.717) is 0 Å². The van der Waals surface area contributed by atoms with Gasteiger partial charge in [0, 0.05) is 33.5 Å². The zero-order valence-electron chi connectivity index (χ0n) is 39.6. The van der Waals surface area contributed by atoms with E-state index >= 15 is 0 Å². The molecule has 13 aromatic rings. The molecule has 0 aliphatic heterocycles. The monoisotopic (exact) mass is 916 g/mol. The Kier molecular flexibility index (Phi) is 10.9. The minimum absolute atomic E-state index is 1.08. The van der Waals surface area contributed by atoms with Gasteiger partial charge in [-0.3, -0.25) is 0 Å². The fourth-order valence-electron chi connectivity index (χ4n) is 10.8. The summed E-state index contributed by atoms with van der Waals surface area (Å²) in [5.74, 6) is 0. The van der Waals surface area contributed by atoms with Gasteiger partial charge in [0.2, 0.25) is 0 Å². The molecule has 2 nitrogen and oxygen atoms in total. The average molecular weight is 917 g/mol. The molecule has 1 heterocycles. The number of benzene rings is 12. The maximum absolute atomic E-state index is 2.37. The molecule has 12 aromatic carbocycles. The third-order valence-electron chi connectivity index (χ3n) is 14.3. The number of para-hydroxylation sites is 2. The lowest BCUT2D eigenvalue weighted by atomic mass is 9.87. The van der Waals surface area contributed by atoms with E-state index in [-0.39, 0.29) is 0 Å². The van der Waals surface area contributed by atoms with Crippen molar-refractivity contribution in [2.75, 3.05) is 4.90 Å². The molecule has 13 rings (SSSR count). The van der Waals surface area contributed by atoms with Crippen molar-refractivity contribution in [3.63, 3.8) is 0 Å². The third-order valence-corrected chi connectivity index (χ3v) is 14.3. The maximum Gasteiger partial charge on any atom is 0.0541 e. The van der Waals surface area contributed by atoms with Crippen LogP contribution >= 0.6 is 0 Å². The van der Waals surface area contributed by atoms with Gasteiger partial charge in [-0.15, -0.1) is 0 Å². The Balaban J connectivity index is 0.862. The van der Waals surface area contributed by atoms with E-state index in [4.69, 9.17) is 0 Å². The summed E-state index contributed by atoms with van der Waals surface area (Å²) in [6.45, 7) is 0. The number of aromatic nitrogens is 1. The fourth-order valence-corrected chi connectivity index (χ4v) is 10.8. The molecular weight excluding hydrogens is 869 g/mol. The van der Waals surface area contributed by atoms with E-state index in [1.807, 2.05) is 0 Å². The maximum atomic E-state index is 2.37. The van der Waals surface area contributed by atoms with Gasteiger partial charge in [-0.25, -0.2) is 0 Å². The molecular formula is C70H48N2. The van der Waals surface area contributed by atoms with Crippen LogP contribution in [0.1, 0.15) is 0 Å². The highest BCUT2D eigenvalue weighted by atomic mass is 15.1. The first-order valence-electron chi connectivity index (χ1n) is 24.7. The molecule has 1 aromatic heterocycles. The summed E-state index contributed by atoms with van der Waals surface area (Å²) in [7, 11) is 0. The van der Waals surface area contributed by atoms with Crippen molar-refractivity contribution in [1.29, 1.82) is 0 Å². The minimum Gasteiger partial charge on any atom is -0.311 e. The highest BCUT2D eigenvalue weighted by Crippen LogP contribution is 2.44. The number of hydrogen-bond donors (Lipinski definition) is 0. The molecule has 0 unspecified atom stereocenters. The van der Waals surface area contributed by atoms with Gasteiger partial charge in [0.1, 0.15) is 0 Å². The van der Waals surface area contributed by atoms with Crippen LogP contribution in [0.15, 0.2) is 291 Å². The van der Waals surface area contributed by atoms with Crippen molar-refractivity contribution in [2.45, 2.75) is 0 Å². The molecule has 0 amide bonds. The molecule has 0 bridgehead atoms. The minimum atomic E-state index is 1.08. The quantitative estimate of drug-likeness (QED) is 0.133. The first-order valence-corrected chi connectivity index (χ1v) is 24.7. The van der Waals surface area contributed by atoms with Gasteiger partial charge in [0.05, 0.1) is 11.0 Å². The van der Waals surface area contributed by atoms with E-state index in [2.05, 4.69) is 301 Å². The number of hydrogen-bond acceptors (Lipinski definition) is 1. The van der Waals surface area contributed by atoms with Crippen LogP contribution in [-0.2, 0) is 0 Å². The Morgan fingerprint density at radius 3 is 1.06 bits per heavy atom. The first-order chi connectivity index (χ1) is 35.7. The molecule has 0 aliphatic carbocycles. The van der Waals surface area contributed by atoms with Crippen LogP contribution in [0.5, 0.6) is 0 Å². The first kappa shape index (κ1) is 42.6. The van der Waals surface area contributed by atoms with Crippen molar-refractivity contribution < 1.29 is 0 Å². The van der Waals surface area contributed by atoms with Crippen molar-refractivity contribution in [3.8, 4) is 72.4 Å². The van der Waals surface area contributed by atoms with Crippen molar-refractivity contribution >= 4 is 49.6 Å². The van der Waals surface area contributed by atoms with E-state index in [1.54, 1.807) is 0 Å². The van der Waals surface area contributed by atoms with Crippen LogP contribution in [0.2, 0.25) is 0 Å². The SMILES string of the molecule is c1ccc(-c2ccccc2-c2ccccc2-c2ccccc2-c2ccc(N(c3ccc(-c4ccc(-n5c6ccccc6c6ccccc65)cc4)cc3)c3ccc(-c4cccc5ccccc45)cc3)cc2)cc1. The topological polar surface area (TPSA) is 8.17 Å². The van der Waals surface area contributed by atoms with Gasteiger partial charge in [0.15, 0.2) is 0 Å². The van der Waals surface area contributed by atoms with Crippen LogP contribution in [0, 0.1) is 0 Å². The van der Waals surface area contributed by atoms with E-state index in [1.165, 1.54) is 88.2 Å². The van der Waals surface area contributed by atoms with Crippen LogP contribution in [0.25, 0.3) is 105 Å².